The molecule has 0 saturated heterocycles. The molecule has 6 N–H and O–H groups in total. The van der Waals surface area contributed by atoms with Gasteiger partial charge >= 0.3 is 5.97 Å². The molecule has 3 atom stereocenters. The minimum absolute atomic E-state index is 0.0490. The van der Waals surface area contributed by atoms with Gasteiger partial charge in [0.05, 0.1) is 12.4 Å². The highest BCUT2D eigenvalue weighted by Crippen LogP contribution is 2.07. The molecule has 2 rings (SSSR count). The molecule has 0 unspecified atom stereocenters. The Morgan fingerprint density at radius 3 is 2.34 bits per heavy atom. The van der Waals surface area contributed by atoms with Crippen molar-refractivity contribution in [2.45, 2.75) is 44.8 Å². The fourth-order valence-corrected chi connectivity index (χ4v) is 2.83. The van der Waals surface area contributed by atoms with Gasteiger partial charge in [0.15, 0.2) is 0 Å². The highest BCUT2D eigenvalue weighted by molar-refractivity contribution is 5.92. The number of amides is 2. The van der Waals surface area contributed by atoms with Crippen LogP contribution in [-0.4, -0.2) is 51.0 Å². The predicted molar refractivity (Wildman–Crippen MR) is 107 cm³/mol. The van der Waals surface area contributed by atoms with E-state index >= 15 is 0 Å². The van der Waals surface area contributed by atoms with Gasteiger partial charge in [-0.1, -0.05) is 44.2 Å². The van der Waals surface area contributed by atoms with Crippen molar-refractivity contribution in [2.24, 2.45) is 11.7 Å². The minimum Gasteiger partial charge on any atom is -0.480 e. The number of carbonyl (C=O) groups is 3. The second kappa shape index (κ2) is 10.4. The van der Waals surface area contributed by atoms with Crippen molar-refractivity contribution < 1.29 is 19.5 Å². The number of carboxylic acid groups (broad SMARTS) is 1. The number of carboxylic acids is 1. The van der Waals surface area contributed by atoms with Gasteiger partial charge in [-0.05, 0) is 17.9 Å². The summed E-state index contributed by atoms with van der Waals surface area (Å²) >= 11 is 0. The fraction of sp³-hybridized carbons (Fsp3) is 0.400. The highest BCUT2D eigenvalue weighted by Gasteiger charge is 2.30. The standard InChI is InChI=1S/C20H27N5O4/c1-12(2)17(25-18(26)15(21)8-13-6-4-3-5-7-13)19(27)24-16(20(28)29)9-14-10-22-11-23-14/h3-7,10-12,15-17H,8-9,21H2,1-2H3,(H,22,23)(H,24,27)(H,25,26)(H,28,29)/t15-,16-,17-/m0/s1. The topological polar surface area (TPSA) is 150 Å². The smallest absolute Gasteiger partial charge is 0.326 e. The number of imidazole rings is 1. The highest BCUT2D eigenvalue weighted by atomic mass is 16.4. The number of H-pyrrole nitrogens is 1. The van der Waals surface area contributed by atoms with E-state index in [4.69, 9.17) is 5.73 Å². The number of aromatic amines is 1. The van der Waals surface area contributed by atoms with Crippen LogP contribution in [0.1, 0.15) is 25.1 Å². The van der Waals surface area contributed by atoms with Gasteiger partial charge < -0.3 is 26.5 Å². The van der Waals surface area contributed by atoms with Crippen LogP contribution in [0.3, 0.4) is 0 Å². The number of hydrogen-bond donors (Lipinski definition) is 5. The number of benzene rings is 1. The number of nitrogens with one attached hydrogen (secondary N) is 3. The Morgan fingerprint density at radius 1 is 1.10 bits per heavy atom. The summed E-state index contributed by atoms with van der Waals surface area (Å²) in [6, 6.07) is 6.43. The van der Waals surface area contributed by atoms with Gasteiger partial charge in [0.25, 0.3) is 0 Å². The Bertz CT molecular complexity index is 808. The van der Waals surface area contributed by atoms with E-state index in [9.17, 15) is 19.5 Å². The van der Waals surface area contributed by atoms with Crippen LogP contribution in [0.4, 0.5) is 0 Å². The minimum atomic E-state index is -1.18. The average Bonchev–Trinajstić information content (AvgIpc) is 3.18. The summed E-state index contributed by atoms with van der Waals surface area (Å²) in [7, 11) is 0. The summed E-state index contributed by atoms with van der Waals surface area (Å²) in [4.78, 5) is 43.4. The molecule has 9 heteroatoms. The molecular weight excluding hydrogens is 374 g/mol. The van der Waals surface area contributed by atoms with Crippen molar-refractivity contribution in [1.82, 2.24) is 20.6 Å². The fourth-order valence-electron chi connectivity index (χ4n) is 2.83. The quantitative estimate of drug-likeness (QED) is 0.385. The maximum absolute atomic E-state index is 12.7. The maximum Gasteiger partial charge on any atom is 0.326 e. The molecule has 0 radical (unpaired) electrons. The number of rotatable bonds is 10. The van der Waals surface area contributed by atoms with Gasteiger partial charge in [-0.15, -0.1) is 0 Å². The number of nitrogens with zero attached hydrogens (tertiary/aromatic N) is 1. The molecule has 156 valence electrons. The van der Waals surface area contributed by atoms with E-state index in [-0.39, 0.29) is 12.3 Å². The molecule has 0 bridgehead atoms. The van der Waals surface area contributed by atoms with Crippen LogP contribution >= 0.6 is 0 Å². The van der Waals surface area contributed by atoms with E-state index in [0.29, 0.717) is 12.1 Å². The number of aromatic nitrogens is 2. The second-order valence-electron chi connectivity index (χ2n) is 7.21. The second-order valence-corrected chi connectivity index (χ2v) is 7.21. The summed E-state index contributed by atoms with van der Waals surface area (Å²) < 4.78 is 0. The molecule has 0 fully saturated rings. The molecular formula is C20H27N5O4. The summed E-state index contributed by atoms with van der Waals surface area (Å²) in [6.45, 7) is 3.52. The Morgan fingerprint density at radius 2 is 1.79 bits per heavy atom. The molecule has 29 heavy (non-hydrogen) atoms. The number of hydrogen-bond acceptors (Lipinski definition) is 5. The summed E-state index contributed by atoms with van der Waals surface area (Å²) in [6.07, 6.45) is 3.30. The Balaban J connectivity index is 2.00. The molecule has 9 nitrogen and oxygen atoms in total. The van der Waals surface area contributed by atoms with Gasteiger partial charge in [0, 0.05) is 18.3 Å². The van der Waals surface area contributed by atoms with Crippen molar-refractivity contribution >= 4 is 17.8 Å². The summed E-state index contributed by atoms with van der Waals surface area (Å²) in [5.74, 6) is -2.48. The largest absolute Gasteiger partial charge is 0.480 e. The number of nitrogens with two attached hydrogens (primary N) is 1. The molecule has 1 aromatic carbocycles. The van der Waals surface area contributed by atoms with Crippen LogP contribution in [0.15, 0.2) is 42.9 Å². The van der Waals surface area contributed by atoms with Crippen molar-refractivity contribution in [3.8, 4) is 0 Å². The molecule has 0 aliphatic heterocycles. The van der Waals surface area contributed by atoms with Crippen molar-refractivity contribution in [2.75, 3.05) is 0 Å². The molecule has 0 aliphatic rings. The molecule has 1 aromatic heterocycles. The number of carbonyl (C=O) groups excluding carboxylic acids is 2. The van der Waals surface area contributed by atoms with E-state index in [1.807, 2.05) is 30.3 Å². The lowest BCUT2D eigenvalue weighted by Gasteiger charge is -2.25. The van der Waals surface area contributed by atoms with Crippen molar-refractivity contribution in [1.29, 1.82) is 0 Å². The summed E-state index contributed by atoms with van der Waals surface area (Å²) in [5, 5.41) is 14.6. The van der Waals surface area contributed by atoms with E-state index in [1.165, 1.54) is 12.5 Å². The molecule has 2 aromatic rings. The van der Waals surface area contributed by atoms with Gasteiger partial charge in [0.1, 0.15) is 12.1 Å². The maximum atomic E-state index is 12.7. The van der Waals surface area contributed by atoms with Crippen molar-refractivity contribution in [3.05, 3.63) is 54.1 Å². The third kappa shape index (κ3) is 6.72. The van der Waals surface area contributed by atoms with Gasteiger partial charge in [0.2, 0.25) is 11.8 Å². The first-order valence-electron chi connectivity index (χ1n) is 9.38. The first-order valence-corrected chi connectivity index (χ1v) is 9.38. The lowest BCUT2D eigenvalue weighted by Crippen LogP contribution is -2.56. The monoisotopic (exact) mass is 401 g/mol. The van der Waals surface area contributed by atoms with Crippen LogP contribution in [0.25, 0.3) is 0 Å². The zero-order valence-corrected chi connectivity index (χ0v) is 16.5. The van der Waals surface area contributed by atoms with Crippen LogP contribution < -0.4 is 16.4 Å². The van der Waals surface area contributed by atoms with E-state index in [1.54, 1.807) is 13.8 Å². The Kier molecular flexibility index (Phi) is 7.90. The molecule has 0 spiro atoms. The van der Waals surface area contributed by atoms with Crippen LogP contribution in [-0.2, 0) is 27.2 Å². The van der Waals surface area contributed by atoms with Gasteiger partial charge in [-0.2, -0.15) is 0 Å². The Hall–Kier alpha value is -3.20. The van der Waals surface area contributed by atoms with Crippen LogP contribution in [0.5, 0.6) is 0 Å². The lowest BCUT2D eigenvalue weighted by atomic mass is 10.0. The third-order valence-electron chi connectivity index (χ3n) is 4.48. The van der Waals surface area contributed by atoms with Gasteiger partial charge in [-0.25, -0.2) is 9.78 Å². The van der Waals surface area contributed by atoms with E-state index in [2.05, 4.69) is 20.6 Å². The van der Waals surface area contributed by atoms with E-state index < -0.39 is 35.9 Å². The molecule has 2 amide bonds. The first kappa shape index (κ1) is 22.1. The normalized spacial score (nSPS) is 14.1. The molecule has 0 saturated carbocycles. The van der Waals surface area contributed by atoms with Crippen LogP contribution in [0.2, 0.25) is 0 Å². The zero-order chi connectivity index (χ0) is 21.4. The average molecular weight is 401 g/mol. The third-order valence-corrected chi connectivity index (χ3v) is 4.48. The number of aliphatic carboxylic acids is 1. The lowest BCUT2D eigenvalue weighted by molar-refractivity contribution is -0.142. The zero-order valence-electron chi connectivity index (χ0n) is 16.5. The molecule has 1 heterocycles. The Labute approximate surface area is 169 Å². The van der Waals surface area contributed by atoms with Crippen LogP contribution in [0, 0.1) is 5.92 Å². The SMILES string of the molecule is CC(C)[C@H](NC(=O)[C@@H](N)Cc1ccccc1)C(=O)N[C@@H](Cc1cnc[nH]1)C(=O)O. The van der Waals surface area contributed by atoms with E-state index in [0.717, 1.165) is 5.56 Å². The van der Waals surface area contributed by atoms with Gasteiger partial charge in [-0.3, -0.25) is 9.59 Å². The van der Waals surface area contributed by atoms with Crippen molar-refractivity contribution in [3.63, 3.8) is 0 Å². The predicted octanol–water partition coefficient (Wildman–Crippen LogP) is 0.232. The summed E-state index contributed by atoms with van der Waals surface area (Å²) in [5.41, 5.74) is 7.47. The first-order chi connectivity index (χ1) is 13.8. The molecule has 0 aliphatic carbocycles.